The molecule has 2 atom stereocenters. The summed E-state index contributed by atoms with van der Waals surface area (Å²) in [7, 11) is 1.64. The quantitative estimate of drug-likeness (QED) is 0.312. The molecule has 0 unspecified atom stereocenters. The molecule has 1 saturated carbocycles. The lowest BCUT2D eigenvalue weighted by Gasteiger charge is -2.33. The molecule has 6 rings (SSSR count). The van der Waals surface area contributed by atoms with Crippen LogP contribution in [0.15, 0.2) is 53.3 Å². The molecular formula is C29H33ClN6O3. The molecule has 1 saturated heterocycles. The van der Waals surface area contributed by atoms with E-state index in [4.69, 9.17) is 21.1 Å². The standard InChI is InChI=1S/C29H33ClN6O3/c1-38-23-12-13-26-20(15-23)16-25(29(37)31-26)27(28-32-33-34-36(28)22-5-2-3-6-22)35(18-24-7-4-14-39-24)17-19-8-10-21(30)11-9-19/h8-13,15-16,22,24,27H,2-7,14,17-18H2,1H3,(H,31,37)/t24-,27-/m1/s1. The summed E-state index contributed by atoms with van der Waals surface area (Å²) in [5.41, 5.74) is 2.27. The van der Waals surface area contributed by atoms with E-state index >= 15 is 0 Å². The second kappa shape index (κ2) is 11.5. The van der Waals surface area contributed by atoms with Crippen LogP contribution >= 0.6 is 11.6 Å². The maximum atomic E-state index is 13.8. The lowest BCUT2D eigenvalue weighted by molar-refractivity contribution is 0.0569. The summed E-state index contributed by atoms with van der Waals surface area (Å²) in [4.78, 5) is 19.1. The maximum absolute atomic E-state index is 13.8. The van der Waals surface area contributed by atoms with Gasteiger partial charge >= 0.3 is 0 Å². The number of H-pyrrole nitrogens is 1. The van der Waals surface area contributed by atoms with Gasteiger partial charge in [0.25, 0.3) is 5.56 Å². The first kappa shape index (κ1) is 26.0. The molecule has 3 heterocycles. The molecule has 9 nitrogen and oxygen atoms in total. The van der Waals surface area contributed by atoms with Crippen LogP contribution < -0.4 is 10.3 Å². The Balaban J connectivity index is 1.50. The molecule has 39 heavy (non-hydrogen) atoms. The third-order valence-electron chi connectivity index (χ3n) is 7.93. The average molecular weight is 549 g/mol. The number of hydrogen-bond donors (Lipinski definition) is 1. The zero-order chi connectivity index (χ0) is 26.8. The number of aromatic nitrogens is 5. The Kier molecular flexibility index (Phi) is 7.63. The van der Waals surface area contributed by atoms with Crippen molar-refractivity contribution in [3.63, 3.8) is 0 Å². The Morgan fingerprint density at radius 2 is 1.95 bits per heavy atom. The lowest BCUT2D eigenvalue weighted by Crippen LogP contribution is -2.39. The molecule has 204 valence electrons. The Morgan fingerprint density at radius 3 is 2.69 bits per heavy atom. The van der Waals surface area contributed by atoms with E-state index < -0.39 is 6.04 Å². The van der Waals surface area contributed by atoms with Crippen molar-refractivity contribution in [1.29, 1.82) is 0 Å². The topological polar surface area (TPSA) is 98.2 Å². The summed E-state index contributed by atoms with van der Waals surface area (Å²) < 4.78 is 13.5. The van der Waals surface area contributed by atoms with Gasteiger partial charge in [-0.2, -0.15) is 0 Å². The van der Waals surface area contributed by atoms with Gasteiger partial charge in [-0.25, -0.2) is 4.68 Å². The zero-order valence-electron chi connectivity index (χ0n) is 22.1. The minimum atomic E-state index is -0.486. The Bertz CT molecular complexity index is 1470. The summed E-state index contributed by atoms with van der Waals surface area (Å²) in [5.74, 6) is 1.41. The Morgan fingerprint density at radius 1 is 1.13 bits per heavy atom. The van der Waals surface area contributed by atoms with Crippen molar-refractivity contribution in [1.82, 2.24) is 30.1 Å². The third kappa shape index (κ3) is 5.57. The fraction of sp³-hybridized carbons (Fsp3) is 0.448. The van der Waals surface area contributed by atoms with Gasteiger partial charge in [-0.1, -0.05) is 36.6 Å². The lowest BCUT2D eigenvalue weighted by atomic mass is 10.0. The van der Waals surface area contributed by atoms with E-state index in [-0.39, 0.29) is 17.7 Å². The summed E-state index contributed by atoms with van der Waals surface area (Å²) in [5, 5.41) is 14.7. The second-order valence-electron chi connectivity index (χ2n) is 10.5. The monoisotopic (exact) mass is 548 g/mol. The molecule has 0 amide bonds. The van der Waals surface area contributed by atoms with Crippen LogP contribution in [0.5, 0.6) is 5.75 Å². The fourth-order valence-corrected chi connectivity index (χ4v) is 6.08. The number of halogens is 1. The number of tetrazole rings is 1. The molecule has 0 radical (unpaired) electrons. The molecule has 2 aromatic heterocycles. The molecule has 4 aromatic rings. The minimum Gasteiger partial charge on any atom is -0.497 e. The number of ether oxygens (including phenoxy) is 2. The second-order valence-corrected chi connectivity index (χ2v) is 11.0. The van der Waals surface area contributed by atoms with Gasteiger partial charge < -0.3 is 14.5 Å². The van der Waals surface area contributed by atoms with Gasteiger partial charge in [0.2, 0.25) is 0 Å². The van der Waals surface area contributed by atoms with Gasteiger partial charge in [-0.05, 0) is 78.1 Å². The molecule has 0 bridgehead atoms. The number of pyridine rings is 1. The molecule has 2 fully saturated rings. The first-order valence-corrected chi connectivity index (χ1v) is 14.1. The van der Waals surface area contributed by atoms with Gasteiger partial charge in [0.15, 0.2) is 5.82 Å². The van der Waals surface area contributed by atoms with Gasteiger partial charge in [0.05, 0.1) is 19.3 Å². The normalized spacial score (nSPS) is 18.8. The zero-order valence-corrected chi connectivity index (χ0v) is 22.8. The molecule has 2 aliphatic rings. The van der Waals surface area contributed by atoms with Crippen molar-refractivity contribution in [3.05, 3.63) is 80.9 Å². The van der Waals surface area contributed by atoms with Crippen LogP contribution in [0.3, 0.4) is 0 Å². The molecular weight excluding hydrogens is 516 g/mol. The number of nitrogens with zero attached hydrogens (tertiary/aromatic N) is 5. The van der Waals surface area contributed by atoms with Gasteiger partial charge in [-0.15, -0.1) is 5.10 Å². The Hall–Kier alpha value is -3.27. The smallest absolute Gasteiger partial charge is 0.253 e. The molecule has 2 aromatic carbocycles. The minimum absolute atomic E-state index is 0.0650. The van der Waals surface area contributed by atoms with E-state index in [2.05, 4.69) is 25.4 Å². The highest BCUT2D eigenvalue weighted by Gasteiger charge is 2.35. The SMILES string of the molecule is COc1ccc2[nH]c(=O)c([C@H](c3nnnn3C3CCCC3)N(Cc3ccc(Cl)cc3)C[C@H]3CCCO3)cc2c1. The largest absolute Gasteiger partial charge is 0.497 e. The van der Waals surface area contributed by atoms with Crippen molar-refractivity contribution < 1.29 is 9.47 Å². The van der Waals surface area contributed by atoms with Crippen LogP contribution in [0, 0.1) is 0 Å². The summed E-state index contributed by atoms with van der Waals surface area (Å²) in [6.07, 6.45) is 6.42. The van der Waals surface area contributed by atoms with Crippen molar-refractivity contribution in [2.45, 2.75) is 63.3 Å². The van der Waals surface area contributed by atoms with Crippen molar-refractivity contribution in [2.24, 2.45) is 0 Å². The highest BCUT2D eigenvalue weighted by molar-refractivity contribution is 6.30. The van der Waals surface area contributed by atoms with Crippen LogP contribution in [0.2, 0.25) is 5.02 Å². The molecule has 1 N–H and O–H groups in total. The number of benzene rings is 2. The van der Waals surface area contributed by atoms with Crippen LogP contribution in [0.1, 0.15) is 67.6 Å². The predicted molar refractivity (Wildman–Crippen MR) is 149 cm³/mol. The van der Waals surface area contributed by atoms with E-state index in [0.29, 0.717) is 29.5 Å². The summed E-state index contributed by atoms with van der Waals surface area (Å²) >= 11 is 6.20. The first-order valence-electron chi connectivity index (χ1n) is 13.7. The third-order valence-corrected chi connectivity index (χ3v) is 8.19. The Labute approximate surface area is 232 Å². The number of methoxy groups -OCH3 is 1. The van der Waals surface area contributed by atoms with Crippen molar-refractivity contribution >= 4 is 22.5 Å². The van der Waals surface area contributed by atoms with E-state index in [1.165, 1.54) is 0 Å². The van der Waals surface area contributed by atoms with Crippen LogP contribution in [-0.2, 0) is 11.3 Å². The predicted octanol–water partition coefficient (Wildman–Crippen LogP) is 5.06. The first-order chi connectivity index (χ1) is 19.1. The highest BCUT2D eigenvalue weighted by atomic mass is 35.5. The van der Waals surface area contributed by atoms with E-state index in [0.717, 1.165) is 67.3 Å². The van der Waals surface area contributed by atoms with E-state index in [1.54, 1.807) is 7.11 Å². The van der Waals surface area contributed by atoms with E-state index in [1.807, 2.05) is 53.2 Å². The summed E-state index contributed by atoms with van der Waals surface area (Å²) in [6.45, 7) is 1.97. The average Bonchev–Trinajstić information content (AvgIpc) is 3.73. The molecule has 1 aliphatic heterocycles. The van der Waals surface area contributed by atoms with Crippen molar-refractivity contribution in [2.75, 3.05) is 20.3 Å². The molecule has 10 heteroatoms. The highest BCUT2D eigenvalue weighted by Crippen LogP contribution is 2.35. The number of nitrogens with one attached hydrogen (secondary N) is 1. The van der Waals surface area contributed by atoms with Gasteiger partial charge in [-0.3, -0.25) is 9.69 Å². The number of aromatic amines is 1. The maximum Gasteiger partial charge on any atom is 0.253 e. The van der Waals surface area contributed by atoms with Gasteiger partial charge in [0, 0.05) is 41.2 Å². The molecule has 0 spiro atoms. The van der Waals surface area contributed by atoms with Crippen LogP contribution in [0.4, 0.5) is 0 Å². The van der Waals surface area contributed by atoms with Crippen molar-refractivity contribution in [3.8, 4) is 5.75 Å². The summed E-state index contributed by atoms with van der Waals surface area (Å²) in [6, 6.07) is 15.2. The fourth-order valence-electron chi connectivity index (χ4n) is 5.96. The number of hydrogen-bond acceptors (Lipinski definition) is 7. The number of fused-ring (bicyclic) bond motifs is 1. The van der Waals surface area contributed by atoms with Gasteiger partial charge in [0.1, 0.15) is 11.8 Å². The van der Waals surface area contributed by atoms with E-state index in [9.17, 15) is 4.79 Å². The number of rotatable bonds is 9. The van der Waals surface area contributed by atoms with Crippen LogP contribution in [-0.4, -0.2) is 56.5 Å². The molecule has 1 aliphatic carbocycles. The van der Waals surface area contributed by atoms with Crippen LogP contribution in [0.25, 0.3) is 10.9 Å².